The zero-order chi connectivity index (χ0) is 18.3. The Balaban J connectivity index is 1.73. The minimum Gasteiger partial charge on any atom is -0.384 e. The van der Waals surface area contributed by atoms with Crippen molar-refractivity contribution in [1.82, 2.24) is 0 Å². The Labute approximate surface area is 159 Å². The summed E-state index contributed by atoms with van der Waals surface area (Å²) in [5, 5.41) is 0.672. The molecule has 4 rings (SSSR count). The summed E-state index contributed by atoms with van der Waals surface area (Å²) in [5.74, 6) is 1.23. The fraction of sp³-hybridized carbons (Fsp3) is 0.318. The first-order valence-corrected chi connectivity index (χ1v) is 9.32. The number of benzene rings is 2. The van der Waals surface area contributed by atoms with Crippen LogP contribution in [0.2, 0.25) is 5.02 Å². The van der Waals surface area contributed by atoms with Crippen LogP contribution in [0.3, 0.4) is 0 Å². The number of fused-ring (bicyclic) bond motifs is 2. The summed E-state index contributed by atoms with van der Waals surface area (Å²) in [6, 6.07) is 12.3. The SMILES string of the molecule is COC[C@H]1C[C@H]1c1ccc2c(c1)CN(C(C)=O)c1ccc(Cl)cc1C=C2. The molecular formula is C22H22ClNO2. The molecule has 0 unspecified atom stereocenters. The number of ether oxygens (including phenoxy) is 1. The predicted molar refractivity (Wildman–Crippen MR) is 106 cm³/mol. The first-order valence-electron chi connectivity index (χ1n) is 8.94. The molecule has 4 heteroatoms. The van der Waals surface area contributed by atoms with Crippen molar-refractivity contribution in [3.05, 3.63) is 63.7 Å². The zero-order valence-electron chi connectivity index (χ0n) is 15.0. The molecule has 0 bridgehead atoms. The van der Waals surface area contributed by atoms with E-state index in [-0.39, 0.29) is 5.91 Å². The number of anilines is 1. The zero-order valence-corrected chi connectivity index (χ0v) is 15.8. The van der Waals surface area contributed by atoms with E-state index in [4.69, 9.17) is 16.3 Å². The predicted octanol–water partition coefficient (Wildman–Crippen LogP) is 5.13. The second-order valence-corrected chi connectivity index (χ2v) is 7.59. The van der Waals surface area contributed by atoms with Crippen LogP contribution >= 0.6 is 11.6 Å². The minimum atomic E-state index is 0.0314. The lowest BCUT2D eigenvalue weighted by atomic mass is 9.97. The maximum Gasteiger partial charge on any atom is 0.224 e. The van der Waals surface area contributed by atoms with Gasteiger partial charge in [-0.05, 0) is 58.7 Å². The summed E-state index contributed by atoms with van der Waals surface area (Å²) in [6.07, 6.45) is 5.34. The van der Waals surface area contributed by atoms with Crippen molar-refractivity contribution in [1.29, 1.82) is 0 Å². The van der Waals surface area contributed by atoms with Gasteiger partial charge in [0.15, 0.2) is 0 Å². The van der Waals surface area contributed by atoms with Crippen LogP contribution in [0.25, 0.3) is 12.2 Å². The van der Waals surface area contributed by atoms with Gasteiger partial charge in [0.2, 0.25) is 5.91 Å². The Morgan fingerprint density at radius 2 is 2.00 bits per heavy atom. The number of rotatable bonds is 3. The lowest BCUT2D eigenvalue weighted by Crippen LogP contribution is -2.29. The molecular weight excluding hydrogens is 346 g/mol. The molecule has 0 spiro atoms. The van der Waals surface area contributed by atoms with Crippen molar-refractivity contribution in [2.24, 2.45) is 5.92 Å². The Bertz CT molecular complexity index is 890. The number of hydrogen-bond acceptors (Lipinski definition) is 2. The van der Waals surface area contributed by atoms with E-state index < -0.39 is 0 Å². The summed E-state index contributed by atoms with van der Waals surface area (Å²) in [7, 11) is 1.76. The van der Waals surface area contributed by atoms with Crippen LogP contribution in [0.5, 0.6) is 0 Å². The molecule has 2 atom stereocenters. The number of methoxy groups -OCH3 is 1. The molecule has 1 aliphatic heterocycles. The first-order chi connectivity index (χ1) is 12.6. The number of hydrogen-bond donors (Lipinski definition) is 0. The second kappa shape index (κ2) is 6.90. The molecule has 0 N–H and O–H groups in total. The van der Waals surface area contributed by atoms with Crippen molar-refractivity contribution < 1.29 is 9.53 Å². The quantitative estimate of drug-likeness (QED) is 0.752. The van der Waals surface area contributed by atoms with Crippen molar-refractivity contribution >= 4 is 35.3 Å². The van der Waals surface area contributed by atoms with Crippen molar-refractivity contribution in [2.45, 2.75) is 25.8 Å². The van der Waals surface area contributed by atoms with E-state index in [1.165, 1.54) is 17.5 Å². The topological polar surface area (TPSA) is 29.5 Å². The van der Waals surface area contributed by atoms with Crippen LogP contribution < -0.4 is 4.90 Å². The van der Waals surface area contributed by atoms with E-state index in [2.05, 4.69) is 24.3 Å². The fourth-order valence-electron chi connectivity index (χ4n) is 3.83. The Hall–Kier alpha value is -2.10. The summed E-state index contributed by atoms with van der Waals surface area (Å²) in [5.41, 5.74) is 5.54. The summed E-state index contributed by atoms with van der Waals surface area (Å²) < 4.78 is 5.29. The molecule has 134 valence electrons. The maximum absolute atomic E-state index is 12.3. The van der Waals surface area contributed by atoms with Gasteiger partial charge < -0.3 is 9.64 Å². The van der Waals surface area contributed by atoms with Gasteiger partial charge in [0.25, 0.3) is 0 Å². The van der Waals surface area contributed by atoms with Crippen LogP contribution in [0.15, 0.2) is 36.4 Å². The van der Waals surface area contributed by atoms with Gasteiger partial charge in [-0.25, -0.2) is 0 Å². The average Bonchev–Trinajstić information content (AvgIpc) is 3.36. The molecule has 1 saturated carbocycles. The van der Waals surface area contributed by atoms with Gasteiger partial charge in [0.05, 0.1) is 12.2 Å². The average molecular weight is 368 g/mol. The normalized spacial score (nSPS) is 20.8. The van der Waals surface area contributed by atoms with Crippen LogP contribution in [-0.2, 0) is 16.1 Å². The van der Waals surface area contributed by atoms with Crippen molar-refractivity contribution in [3.63, 3.8) is 0 Å². The van der Waals surface area contributed by atoms with E-state index in [0.29, 0.717) is 23.4 Å². The largest absolute Gasteiger partial charge is 0.384 e. The first kappa shape index (κ1) is 17.3. The molecule has 2 aliphatic rings. The molecule has 0 aromatic heterocycles. The molecule has 3 nitrogen and oxygen atoms in total. The smallest absolute Gasteiger partial charge is 0.224 e. The summed E-state index contributed by atoms with van der Waals surface area (Å²) in [6.45, 7) is 3.00. The van der Waals surface area contributed by atoms with Gasteiger partial charge in [0.1, 0.15) is 0 Å². The van der Waals surface area contributed by atoms with Crippen molar-refractivity contribution in [2.75, 3.05) is 18.6 Å². The van der Waals surface area contributed by atoms with Gasteiger partial charge >= 0.3 is 0 Å². The van der Waals surface area contributed by atoms with Crippen LogP contribution in [0.1, 0.15) is 41.5 Å². The maximum atomic E-state index is 12.3. The molecule has 2 aromatic rings. The van der Waals surface area contributed by atoms with Crippen LogP contribution in [0, 0.1) is 5.92 Å². The fourth-order valence-corrected chi connectivity index (χ4v) is 4.01. The molecule has 0 radical (unpaired) electrons. The Morgan fingerprint density at radius 1 is 1.19 bits per heavy atom. The number of amides is 1. The standard InChI is InChI=1S/C22H22ClNO2/c1-14(25)24-12-18-9-16(21-11-19(21)13-26-2)5-3-15(18)4-6-17-10-20(23)7-8-22(17)24/h3-10,19,21H,11-13H2,1-2H3/t19-,21+/m1/s1. The van der Waals surface area contributed by atoms with Crippen LogP contribution in [0.4, 0.5) is 5.69 Å². The lowest BCUT2D eigenvalue weighted by Gasteiger charge is -2.26. The highest BCUT2D eigenvalue weighted by Gasteiger charge is 2.38. The Morgan fingerprint density at radius 3 is 2.77 bits per heavy atom. The third-order valence-electron chi connectivity index (χ3n) is 5.33. The molecule has 0 saturated heterocycles. The van der Waals surface area contributed by atoms with E-state index in [0.717, 1.165) is 23.4 Å². The Kier molecular flexibility index (Phi) is 4.60. The third kappa shape index (κ3) is 3.29. The summed E-state index contributed by atoms with van der Waals surface area (Å²) >= 11 is 6.15. The summed E-state index contributed by atoms with van der Waals surface area (Å²) in [4.78, 5) is 14.2. The van der Waals surface area contributed by atoms with Gasteiger partial charge in [-0.3, -0.25) is 4.79 Å². The van der Waals surface area contributed by atoms with E-state index in [1.54, 1.807) is 14.0 Å². The highest BCUT2D eigenvalue weighted by molar-refractivity contribution is 6.30. The number of carbonyl (C=O) groups excluding carboxylic acids is 1. The highest BCUT2D eigenvalue weighted by atomic mass is 35.5. The third-order valence-corrected chi connectivity index (χ3v) is 5.57. The van der Waals surface area contributed by atoms with Crippen molar-refractivity contribution in [3.8, 4) is 0 Å². The molecule has 2 aromatic carbocycles. The van der Waals surface area contributed by atoms with E-state index in [1.807, 2.05) is 29.2 Å². The van der Waals surface area contributed by atoms with Gasteiger partial charge in [-0.2, -0.15) is 0 Å². The number of nitrogens with zero attached hydrogens (tertiary/aromatic N) is 1. The number of carbonyl (C=O) groups is 1. The second-order valence-electron chi connectivity index (χ2n) is 7.16. The van der Waals surface area contributed by atoms with Crippen LogP contribution in [-0.4, -0.2) is 19.6 Å². The molecule has 1 aliphatic carbocycles. The molecule has 1 amide bonds. The van der Waals surface area contributed by atoms with Gasteiger partial charge in [0, 0.05) is 25.7 Å². The van der Waals surface area contributed by atoms with E-state index in [9.17, 15) is 4.79 Å². The number of halogens is 1. The van der Waals surface area contributed by atoms with Gasteiger partial charge in [-0.1, -0.05) is 42.0 Å². The molecule has 26 heavy (non-hydrogen) atoms. The lowest BCUT2D eigenvalue weighted by molar-refractivity contribution is -0.116. The van der Waals surface area contributed by atoms with E-state index >= 15 is 0 Å². The minimum absolute atomic E-state index is 0.0314. The highest BCUT2D eigenvalue weighted by Crippen LogP contribution is 2.48. The monoisotopic (exact) mass is 367 g/mol. The molecule has 1 fully saturated rings. The van der Waals surface area contributed by atoms with Gasteiger partial charge in [-0.15, -0.1) is 0 Å². The molecule has 1 heterocycles.